The molecular formula is C30H35Cl2N3O4S. The summed E-state index contributed by atoms with van der Waals surface area (Å²) in [5.41, 5.74) is 2.59. The van der Waals surface area contributed by atoms with Gasteiger partial charge in [-0.3, -0.25) is 13.9 Å². The van der Waals surface area contributed by atoms with Gasteiger partial charge in [0.2, 0.25) is 11.8 Å². The van der Waals surface area contributed by atoms with E-state index in [2.05, 4.69) is 5.32 Å². The molecule has 0 aliphatic heterocycles. The molecule has 40 heavy (non-hydrogen) atoms. The Hall–Kier alpha value is -3.07. The van der Waals surface area contributed by atoms with Crippen LogP contribution in [0, 0.1) is 13.8 Å². The third kappa shape index (κ3) is 7.77. The summed E-state index contributed by atoms with van der Waals surface area (Å²) >= 11 is 12.3. The zero-order chi connectivity index (χ0) is 29.4. The normalized spacial score (nSPS) is 12.1. The van der Waals surface area contributed by atoms with E-state index in [1.54, 1.807) is 56.3 Å². The number of nitrogens with zero attached hydrogens (tertiary/aromatic N) is 2. The van der Waals surface area contributed by atoms with Crippen LogP contribution in [0.1, 0.15) is 43.4 Å². The van der Waals surface area contributed by atoms with E-state index in [9.17, 15) is 18.0 Å². The second-order valence-corrected chi connectivity index (χ2v) is 12.4. The molecule has 0 aliphatic rings. The van der Waals surface area contributed by atoms with E-state index in [-0.39, 0.29) is 17.3 Å². The predicted octanol–water partition coefficient (Wildman–Crippen LogP) is 6.14. The van der Waals surface area contributed by atoms with Crippen LogP contribution in [-0.2, 0) is 26.2 Å². The van der Waals surface area contributed by atoms with Gasteiger partial charge in [-0.15, -0.1) is 0 Å². The van der Waals surface area contributed by atoms with Crippen molar-refractivity contribution in [1.82, 2.24) is 10.2 Å². The van der Waals surface area contributed by atoms with Crippen LogP contribution in [0.3, 0.4) is 0 Å². The highest BCUT2D eigenvalue weighted by Gasteiger charge is 2.33. The maximum absolute atomic E-state index is 14.0. The second-order valence-electron chi connectivity index (χ2n) is 9.71. The Kier molecular flexibility index (Phi) is 11.0. The van der Waals surface area contributed by atoms with Crippen molar-refractivity contribution in [1.29, 1.82) is 0 Å². The molecule has 0 aromatic heterocycles. The highest BCUT2D eigenvalue weighted by molar-refractivity contribution is 7.92. The van der Waals surface area contributed by atoms with Crippen LogP contribution in [0.25, 0.3) is 0 Å². The number of sulfonamides is 1. The number of hydrogen-bond acceptors (Lipinski definition) is 4. The Morgan fingerprint density at radius 1 is 0.950 bits per heavy atom. The molecule has 1 atom stereocenters. The van der Waals surface area contributed by atoms with Crippen molar-refractivity contribution in [3.63, 3.8) is 0 Å². The van der Waals surface area contributed by atoms with Crippen LogP contribution in [0.4, 0.5) is 5.69 Å². The minimum atomic E-state index is -4.12. The third-order valence-electron chi connectivity index (χ3n) is 6.58. The number of aryl methyl sites for hydroxylation is 2. The maximum Gasteiger partial charge on any atom is 0.264 e. The Morgan fingerprint density at radius 3 is 2.30 bits per heavy atom. The van der Waals surface area contributed by atoms with Crippen molar-refractivity contribution in [3.05, 3.63) is 93.5 Å². The molecule has 3 rings (SSSR count). The maximum atomic E-state index is 14.0. The Balaban J connectivity index is 2.04. The molecule has 0 heterocycles. The molecule has 0 fully saturated rings. The second kappa shape index (κ2) is 14.0. The van der Waals surface area contributed by atoms with Gasteiger partial charge < -0.3 is 10.2 Å². The summed E-state index contributed by atoms with van der Waals surface area (Å²) in [6.07, 6.45) is 1.71. The fourth-order valence-corrected chi connectivity index (χ4v) is 5.99. The molecule has 10 heteroatoms. The van der Waals surface area contributed by atoms with Gasteiger partial charge in [0.15, 0.2) is 0 Å². The van der Waals surface area contributed by atoms with E-state index >= 15 is 0 Å². The van der Waals surface area contributed by atoms with E-state index < -0.39 is 28.5 Å². The lowest BCUT2D eigenvalue weighted by molar-refractivity contribution is -0.139. The van der Waals surface area contributed by atoms with E-state index in [0.717, 1.165) is 22.7 Å². The SMILES string of the molecule is CCCCNC(=O)C(C)N(Cc1ccc(Cl)c(Cl)c1)C(=O)CN(c1cc(C)ccc1C)S(=O)(=O)c1ccccc1. The van der Waals surface area contributed by atoms with E-state index in [0.29, 0.717) is 33.4 Å². The highest BCUT2D eigenvalue weighted by Crippen LogP contribution is 2.29. The molecule has 214 valence electrons. The van der Waals surface area contributed by atoms with Crippen LogP contribution in [-0.4, -0.2) is 44.3 Å². The molecule has 1 N–H and O–H groups in total. The molecule has 0 aliphatic carbocycles. The van der Waals surface area contributed by atoms with Crippen molar-refractivity contribution in [2.45, 2.75) is 58.0 Å². The van der Waals surface area contributed by atoms with Gasteiger partial charge in [0.05, 0.1) is 20.6 Å². The fraction of sp³-hybridized carbons (Fsp3) is 0.333. The highest BCUT2D eigenvalue weighted by atomic mass is 35.5. The van der Waals surface area contributed by atoms with Crippen LogP contribution in [0.5, 0.6) is 0 Å². The number of halogens is 2. The minimum Gasteiger partial charge on any atom is -0.354 e. The number of benzene rings is 3. The van der Waals surface area contributed by atoms with Crippen molar-refractivity contribution in [3.8, 4) is 0 Å². The first-order valence-corrected chi connectivity index (χ1v) is 15.3. The summed E-state index contributed by atoms with van der Waals surface area (Å²) in [7, 11) is -4.12. The van der Waals surface area contributed by atoms with Crippen LogP contribution in [0.15, 0.2) is 71.6 Å². The minimum absolute atomic E-state index is 0.0319. The number of hydrogen-bond donors (Lipinski definition) is 1. The smallest absolute Gasteiger partial charge is 0.264 e. The lowest BCUT2D eigenvalue weighted by Crippen LogP contribution is -2.51. The van der Waals surface area contributed by atoms with Gasteiger partial charge in [-0.05, 0) is 74.2 Å². The number of rotatable bonds is 12. The van der Waals surface area contributed by atoms with Gasteiger partial charge in [-0.25, -0.2) is 8.42 Å². The Bertz CT molecular complexity index is 1450. The third-order valence-corrected chi connectivity index (χ3v) is 9.09. The number of carbonyl (C=O) groups excluding carboxylic acids is 2. The summed E-state index contributed by atoms with van der Waals surface area (Å²) in [5.74, 6) is -0.865. The average molecular weight is 605 g/mol. The molecule has 3 aromatic carbocycles. The van der Waals surface area contributed by atoms with Gasteiger partial charge in [0.1, 0.15) is 12.6 Å². The van der Waals surface area contributed by atoms with Gasteiger partial charge in [0.25, 0.3) is 10.0 Å². The van der Waals surface area contributed by atoms with Crippen molar-refractivity contribution >= 4 is 50.7 Å². The number of nitrogens with one attached hydrogen (secondary N) is 1. The molecule has 7 nitrogen and oxygen atoms in total. The molecule has 0 saturated carbocycles. The van der Waals surface area contributed by atoms with Crippen molar-refractivity contribution in [2.24, 2.45) is 0 Å². The van der Waals surface area contributed by atoms with Crippen molar-refractivity contribution in [2.75, 3.05) is 17.4 Å². The Labute approximate surface area is 247 Å². The van der Waals surface area contributed by atoms with Gasteiger partial charge in [-0.2, -0.15) is 0 Å². The average Bonchev–Trinajstić information content (AvgIpc) is 2.93. The largest absolute Gasteiger partial charge is 0.354 e. The zero-order valence-electron chi connectivity index (χ0n) is 23.2. The quantitative estimate of drug-likeness (QED) is 0.252. The molecule has 0 bridgehead atoms. The number of carbonyl (C=O) groups is 2. The first kappa shape index (κ1) is 31.5. The summed E-state index contributed by atoms with van der Waals surface area (Å²) in [6, 6.07) is 17.5. The van der Waals surface area contributed by atoms with Gasteiger partial charge in [-0.1, -0.05) is 72.9 Å². The summed E-state index contributed by atoms with van der Waals surface area (Å²) < 4.78 is 29.0. The predicted molar refractivity (Wildman–Crippen MR) is 161 cm³/mol. The molecule has 3 aromatic rings. The van der Waals surface area contributed by atoms with E-state index in [1.165, 1.54) is 17.0 Å². The summed E-state index contributed by atoms with van der Waals surface area (Å²) in [5, 5.41) is 3.55. The van der Waals surface area contributed by atoms with Crippen LogP contribution in [0.2, 0.25) is 10.0 Å². The standard InChI is InChI=1S/C30H35Cl2N3O4S/c1-5-6-16-33-30(37)23(4)34(19-24-14-15-26(31)27(32)18-24)29(36)20-35(28-17-21(2)12-13-22(28)3)40(38,39)25-10-8-7-9-11-25/h7-15,17-18,23H,5-6,16,19-20H2,1-4H3,(H,33,37). The van der Waals surface area contributed by atoms with E-state index in [1.807, 2.05) is 26.0 Å². The number of anilines is 1. The summed E-state index contributed by atoms with van der Waals surface area (Å²) in [6.45, 7) is 7.31. The first-order chi connectivity index (χ1) is 18.9. The summed E-state index contributed by atoms with van der Waals surface area (Å²) in [4.78, 5) is 28.5. The lowest BCUT2D eigenvalue weighted by Gasteiger charge is -2.32. The fourth-order valence-electron chi connectivity index (χ4n) is 4.17. The van der Waals surface area contributed by atoms with Crippen LogP contribution < -0.4 is 9.62 Å². The molecule has 1 unspecified atom stereocenters. The molecule has 0 spiro atoms. The molecule has 0 saturated heterocycles. The van der Waals surface area contributed by atoms with E-state index in [4.69, 9.17) is 23.2 Å². The molecular weight excluding hydrogens is 569 g/mol. The topological polar surface area (TPSA) is 86.8 Å². The zero-order valence-corrected chi connectivity index (χ0v) is 25.5. The lowest BCUT2D eigenvalue weighted by atomic mass is 10.1. The number of unbranched alkanes of at least 4 members (excludes halogenated alkanes) is 1. The van der Waals surface area contributed by atoms with Crippen molar-refractivity contribution < 1.29 is 18.0 Å². The van der Waals surface area contributed by atoms with Gasteiger partial charge in [0, 0.05) is 13.1 Å². The monoisotopic (exact) mass is 603 g/mol. The first-order valence-electron chi connectivity index (χ1n) is 13.1. The van der Waals surface area contributed by atoms with Crippen LogP contribution >= 0.6 is 23.2 Å². The molecule has 0 radical (unpaired) electrons. The van der Waals surface area contributed by atoms with Gasteiger partial charge >= 0.3 is 0 Å². The molecule has 2 amide bonds. The Morgan fingerprint density at radius 2 is 1.65 bits per heavy atom. The number of amides is 2.